The molecular formula is C19H40IN5O2. The van der Waals surface area contributed by atoms with E-state index in [9.17, 15) is 4.79 Å². The van der Waals surface area contributed by atoms with Crippen molar-refractivity contribution < 1.29 is 9.53 Å². The molecule has 1 heterocycles. The number of alkyl carbamates (subject to hydrolysis) is 1. The number of nitrogens with one attached hydrogen (secondary N) is 3. The molecule has 1 aliphatic heterocycles. The van der Waals surface area contributed by atoms with Crippen LogP contribution in [0.2, 0.25) is 0 Å². The summed E-state index contributed by atoms with van der Waals surface area (Å²) in [6.45, 7) is 11.5. The third-order valence-electron chi connectivity index (χ3n) is 4.41. The van der Waals surface area contributed by atoms with E-state index < -0.39 is 5.60 Å². The second kappa shape index (κ2) is 13.4. The SMILES string of the molecule is CCCCC(CNC(=O)OC(C)(C)C)NC(=NC)NCC1CCN(C)C1.I. The number of guanidine groups is 1. The lowest BCUT2D eigenvalue weighted by Gasteiger charge is -2.24. The molecule has 0 aromatic heterocycles. The van der Waals surface area contributed by atoms with Crippen molar-refractivity contribution in [2.75, 3.05) is 40.3 Å². The monoisotopic (exact) mass is 497 g/mol. The third-order valence-corrected chi connectivity index (χ3v) is 4.41. The summed E-state index contributed by atoms with van der Waals surface area (Å²) in [5, 5.41) is 9.75. The number of rotatable bonds is 8. The minimum atomic E-state index is -0.484. The number of ether oxygens (including phenoxy) is 1. The van der Waals surface area contributed by atoms with Crippen LogP contribution in [-0.2, 0) is 4.74 Å². The van der Waals surface area contributed by atoms with Crippen molar-refractivity contribution in [1.82, 2.24) is 20.9 Å². The second-order valence-corrected chi connectivity index (χ2v) is 8.24. The van der Waals surface area contributed by atoms with Crippen LogP contribution in [0.3, 0.4) is 0 Å². The van der Waals surface area contributed by atoms with Crippen molar-refractivity contribution in [3.05, 3.63) is 0 Å². The quantitative estimate of drug-likeness (QED) is 0.273. The fourth-order valence-corrected chi connectivity index (χ4v) is 3.02. The number of unbranched alkanes of at least 4 members (excludes halogenated alkanes) is 1. The van der Waals surface area contributed by atoms with E-state index >= 15 is 0 Å². The first kappa shape index (κ1) is 26.2. The number of hydrogen-bond acceptors (Lipinski definition) is 4. The molecule has 0 aromatic carbocycles. The number of likely N-dealkylation sites (tertiary alicyclic amines) is 1. The summed E-state index contributed by atoms with van der Waals surface area (Å²) in [4.78, 5) is 18.6. The predicted octanol–water partition coefficient (Wildman–Crippen LogP) is 2.80. The van der Waals surface area contributed by atoms with Gasteiger partial charge in [0.1, 0.15) is 5.60 Å². The zero-order chi connectivity index (χ0) is 19.6. The molecule has 1 aliphatic rings. The van der Waals surface area contributed by atoms with E-state index in [2.05, 4.69) is 39.8 Å². The van der Waals surface area contributed by atoms with Crippen LogP contribution in [0.1, 0.15) is 53.4 Å². The van der Waals surface area contributed by atoms with Gasteiger partial charge >= 0.3 is 6.09 Å². The maximum atomic E-state index is 11.9. The number of amides is 1. The minimum absolute atomic E-state index is 0. The number of carbonyl (C=O) groups excluding carboxylic acids is 1. The highest BCUT2D eigenvalue weighted by atomic mass is 127. The Kier molecular flexibility index (Phi) is 13.0. The van der Waals surface area contributed by atoms with Gasteiger partial charge in [-0.15, -0.1) is 24.0 Å². The van der Waals surface area contributed by atoms with E-state index in [4.69, 9.17) is 4.74 Å². The van der Waals surface area contributed by atoms with Gasteiger partial charge in [-0.05, 0) is 53.1 Å². The Morgan fingerprint density at radius 2 is 2.04 bits per heavy atom. The van der Waals surface area contributed by atoms with Gasteiger partial charge in [0.25, 0.3) is 0 Å². The van der Waals surface area contributed by atoms with Crippen LogP contribution in [0.4, 0.5) is 4.79 Å². The molecule has 2 unspecified atom stereocenters. The van der Waals surface area contributed by atoms with Crippen LogP contribution in [0.15, 0.2) is 4.99 Å². The molecule has 1 fully saturated rings. The van der Waals surface area contributed by atoms with Crippen molar-refractivity contribution in [3.63, 3.8) is 0 Å². The Bertz CT molecular complexity index is 454. The van der Waals surface area contributed by atoms with Gasteiger partial charge in [-0.1, -0.05) is 19.8 Å². The van der Waals surface area contributed by atoms with Gasteiger partial charge in [-0.25, -0.2) is 4.79 Å². The Labute approximate surface area is 182 Å². The smallest absolute Gasteiger partial charge is 0.407 e. The molecule has 0 spiro atoms. The van der Waals surface area contributed by atoms with Gasteiger partial charge in [0.15, 0.2) is 5.96 Å². The molecule has 0 saturated carbocycles. The highest BCUT2D eigenvalue weighted by molar-refractivity contribution is 14.0. The summed E-state index contributed by atoms with van der Waals surface area (Å²) in [5.74, 6) is 1.46. The minimum Gasteiger partial charge on any atom is -0.444 e. The lowest BCUT2D eigenvalue weighted by atomic mass is 10.1. The molecule has 2 atom stereocenters. The van der Waals surface area contributed by atoms with Crippen molar-refractivity contribution >= 4 is 36.0 Å². The van der Waals surface area contributed by atoms with Gasteiger partial charge in [0.05, 0.1) is 0 Å². The third kappa shape index (κ3) is 12.3. The molecule has 0 aliphatic carbocycles. The highest BCUT2D eigenvalue weighted by Crippen LogP contribution is 2.12. The van der Waals surface area contributed by atoms with Crippen LogP contribution in [0.25, 0.3) is 0 Å². The van der Waals surface area contributed by atoms with E-state index in [1.165, 1.54) is 6.42 Å². The second-order valence-electron chi connectivity index (χ2n) is 8.24. The molecule has 0 bridgehead atoms. The fourth-order valence-electron chi connectivity index (χ4n) is 3.02. The van der Waals surface area contributed by atoms with Crippen molar-refractivity contribution in [3.8, 4) is 0 Å². The number of halogens is 1. The molecule has 160 valence electrons. The largest absolute Gasteiger partial charge is 0.444 e. The van der Waals surface area contributed by atoms with E-state index in [1.807, 2.05) is 20.8 Å². The number of nitrogens with zero attached hydrogens (tertiary/aromatic N) is 2. The van der Waals surface area contributed by atoms with Crippen LogP contribution in [0, 0.1) is 5.92 Å². The van der Waals surface area contributed by atoms with Crippen LogP contribution in [0.5, 0.6) is 0 Å². The average molecular weight is 497 g/mol. The zero-order valence-electron chi connectivity index (χ0n) is 17.9. The fraction of sp³-hybridized carbons (Fsp3) is 0.895. The topological polar surface area (TPSA) is 78.0 Å². The van der Waals surface area contributed by atoms with Crippen LogP contribution in [-0.4, -0.2) is 68.9 Å². The maximum Gasteiger partial charge on any atom is 0.407 e. The number of hydrogen-bond donors (Lipinski definition) is 3. The van der Waals surface area contributed by atoms with Gasteiger partial charge in [-0.3, -0.25) is 4.99 Å². The first-order chi connectivity index (χ1) is 12.2. The lowest BCUT2D eigenvalue weighted by Crippen LogP contribution is -2.49. The molecule has 1 saturated heterocycles. The van der Waals surface area contributed by atoms with Crippen molar-refractivity contribution in [2.45, 2.75) is 65.0 Å². The van der Waals surface area contributed by atoms with E-state index in [0.717, 1.165) is 44.9 Å². The van der Waals surface area contributed by atoms with Gasteiger partial charge in [-0.2, -0.15) is 0 Å². The molecule has 27 heavy (non-hydrogen) atoms. The molecule has 0 radical (unpaired) electrons. The van der Waals surface area contributed by atoms with Gasteiger partial charge in [0, 0.05) is 32.7 Å². The maximum absolute atomic E-state index is 11.9. The molecule has 7 nitrogen and oxygen atoms in total. The van der Waals surface area contributed by atoms with Crippen molar-refractivity contribution in [1.29, 1.82) is 0 Å². The van der Waals surface area contributed by atoms with E-state index in [-0.39, 0.29) is 36.1 Å². The summed E-state index contributed by atoms with van der Waals surface area (Å²) in [7, 11) is 3.95. The van der Waals surface area contributed by atoms with E-state index in [0.29, 0.717) is 12.5 Å². The predicted molar refractivity (Wildman–Crippen MR) is 123 cm³/mol. The summed E-state index contributed by atoms with van der Waals surface area (Å²) >= 11 is 0. The van der Waals surface area contributed by atoms with Gasteiger partial charge in [0.2, 0.25) is 0 Å². The first-order valence-electron chi connectivity index (χ1n) is 9.86. The zero-order valence-corrected chi connectivity index (χ0v) is 20.3. The summed E-state index contributed by atoms with van der Waals surface area (Å²) in [5.41, 5.74) is -0.484. The Morgan fingerprint density at radius 3 is 2.56 bits per heavy atom. The Morgan fingerprint density at radius 1 is 1.33 bits per heavy atom. The number of carbonyl (C=O) groups is 1. The highest BCUT2D eigenvalue weighted by Gasteiger charge is 2.21. The number of aliphatic imine (C=N–C) groups is 1. The normalized spacial score (nSPS) is 19.2. The molecule has 0 aromatic rings. The van der Waals surface area contributed by atoms with Gasteiger partial charge < -0.3 is 25.6 Å². The molecular weight excluding hydrogens is 457 g/mol. The Balaban J connectivity index is 0.00000676. The lowest BCUT2D eigenvalue weighted by molar-refractivity contribution is 0.0523. The molecule has 8 heteroatoms. The average Bonchev–Trinajstić information content (AvgIpc) is 2.97. The molecule has 3 N–H and O–H groups in total. The standard InChI is InChI=1S/C19H39N5O2.HI/c1-7-8-9-16(13-22-18(25)26-19(2,3)4)23-17(20-5)21-12-15-10-11-24(6)14-15;/h15-16H,7-14H2,1-6H3,(H,22,25)(H2,20,21,23);1H. The van der Waals surface area contributed by atoms with Crippen LogP contribution < -0.4 is 16.0 Å². The van der Waals surface area contributed by atoms with E-state index in [1.54, 1.807) is 7.05 Å². The summed E-state index contributed by atoms with van der Waals surface area (Å²) in [6, 6.07) is 0.125. The first-order valence-corrected chi connectivity index (χ1v) is 9.86. The van der Waals surface area contributed by atoms with Crippen molar-refractivity contribution in [2.24, 2.45) is 10.9 Å². The summed E-state index contributed by atoms with van der Waals surface area (Å²) < 4.78 is 5.32. The molecule has 1 amide bonds. The summed E-state index contributed by atoms with van der Waals surface area (Å²) in [6.07, 6.45) is 4.03. The molecule has 1 rings (SSSR count). The van der Waals surface area contributed by atoms with Crippen LogP contribution >= 0.6 is 24.0 Å². The Hall–Kier alpha value is -0.770.